The summed E-state index contributed by atoms with van der Waals surface area (Å²) in [5, 5.41) is -0.0693. The van der Waals surface area contributed by atoms with Crippen molar-refractivity contribution >= 4 is 11.6 Å². The lowest BCUT2D eigenvalue weighted by Gasteiger charge is -2.11. The Bertz CT molecular complexity index is 360. The monoisotopic (exact) mass is 236 g/mol. The molecular weight excluding hydrogens is 229 g/mol. The summed E-state index contributed by atoms with van der Waals surface area (Å²) in [5.74, 6) is -0.386. The van der Waals surface area contributed by atoms with Crippen molar-refractivity contribution in [2.24, 2.45) is 0 Å². The topological polar surface area (TPSA) is 9.23 Å². The number of halogens is 4. The third kappa shape index (κ3) is 3.83. The Labute approximate surface area is 90.1 Å². The number of alkyl halides is 3. The van der Waals surface area contributed by atoms with E-state index in [2.05, 4.69) is 11.3 Å². The van der Waals surface area contributed by atoms with Gasteiger partial charge in [0.15, 0.2) is 0 Å². The third-order valence-corrected chi connectivity index (χ3v) is 1.91. The minimum atomic E-state index is -4.73. The molecular formula is C10H8ClF3O. The quantitative estimate of drug-likeness (QED) is 0.722. The van der Waals surface area contributed by atoms with Crippen LogP contribution in [-0.4, -0.2) is 6.36 Å². The smallest absolute Gasteiger partial charge is 0.404 e. The van der Waals surface area contributed by atoms with Crippen molar-refractivity contribution in [2.75, 3.05) is 0 Å². The van der Waals surface area contributed by atoms with Crippen LogP contribution in [-0.2, 0) is 6.42 Å². The highest BCUT2D eigenvalue weighted by molar-refractivity contribution is 6.32. The van der Waals surface area contributed by atoms with Gasteiger partial charge in [0, 0.05) is 0 Å². The highest BCUT2D eigenvalue weighted by Crippen LogP contribution is 2.30. The van der Waals surface area contributed by atoms with Gasteiger partial charge in [-0.15, -0.1) is 19.8 Å². The second-order valence-electron chi connectivity index (χ2n) is 2.81. The molecule has 1 nitrogen and oxygen atoms in total. The molecule has 0 atom stereocenters. The fourth-order valence-corrected chi connectivity index (χ4v) is 1.20. The van der Waals surface area contributed by atoms with Crippen LogP contribution in [0.15, 0.2) is 30.9 Å². The molecule has 0 spiro atoms. The molecule has 0 aromatic heterocycles. The van der Waals surface area contributed by atoms with E-state index in [1.54, 1.807) is 12.1 Å². The van der Waals surface area contributed by atoms with Crippen molar-refractivity contribution in [1.29, 1.82) is 0 Å². The maximum absolute atomic E-state index is 11.9. The fourth-order valence-electron chi connectivity index (χ4n) is 1.04. The van der Waals surface area contributed by atoms with Gasteiger partial charge < -0.3 is 4.74 Å². The molecule has 0 saturated heterocycles. The van der Waals surface area contributed by atoms with Crippen molar-refractivity contribution in [3.05, 3.63) is 41.4 Å². The molecule has 1 aromatic rings. The lowest BCUT2D eigenvalue weighted by molar-refractivity contribution is -0.274. The van der Waals surface area contributed by atoms with Gasteiger partial charge in [0.1, 0.15) is 5.75 Å². The summed E-state index contributed by atoms with van der Waals surface area (Å²) in [6.45, 7) is 3.49. The largest absolute Gasteiger partial charge is 0.573 e. The van der Waals surface area contributed by atoms with E-state index in [0.717, 1.165) is 0 Å². The number of hydrogen-bond acceptors (Lipinski definition) is 1. The number of allylic oxidation sites excluding steroid dienone is 1. The molecule has 0 aliphatic carbocycles. The van der Waals surface area contributed by atoms with Crippen LogP contribution in [0.5, 0.6) is 5.75 Å². The molecule has 82 valence electrons. The summed E-state index contributed by atoms with van der Waals surface area (Å²) >= 11 is 5.55. The summed E-state index contributed by atoms with van der Waals surface area (Å²) in [5.41, 5.74) is 0.661. The highest BCUT2D eigenvalue weighted by atomic mass is 35.5. The van der Waals surface area contributed by atoms with E-state index >= 15 is 0 Å². The maximum Gasteiger partial charge on any atom is 0.573 e. The first-order valence-corrected chi connectivity index (χ1v) is 4.45. The van der Waals surface area contributed by atoms with Gasteiger partial charge in [-0.05, 0) is 24.1 Å². The maximum atomic E-state index is 11.9. The lowest BCUT2D eigenvalue weighted by atomic mass is 10.1. The standard InChI is InChI=1S/C10H8ClF3O/c1-2-3-7-4-5-8(11)9(6-7)15-10(12,13)14/h2,4-6H,1,3H2. The molecule has 0 amide bonds. The number of rotatable bonds is 3. The predicted molar refractivity (Wildman–Crippen MR) is 52.0 cm³/mol. The molecule has 15 heavy (non-hydrogen) atoms. The minimum absolute atomic E-state index is 0.0693. The summed E-state index contributed by atoms with van der Waals surface area (Å²) < 4.78 is 39.6. The Morgan fingerprint density at radius 3 is 2.60 bits per heavy atom. The van der Waals surface area contributed by atoms with Gasteiger partial charge in [0.25, 0.3) is 0 Å². The Balaban J connectivity index is 2.95. The van der Waals surface area contributed by atoms with Crippen molar-refractivity contribution in [3.8, 4) is 5.75 Å². The van der Waals surface area contributed by atoms with Crippen LogP contribution >= 0.6 is 11.6 Å². The van der Waals surface area contributed by atoms with Crippen molar-refractivity contribution in [3.63, 3.8) is 0 Å². The van der Waals surface area contributed by atoms with E-state index in [1.165, 1.54) is 12.1 Å². The van der Waals surface area contributed by atoms with Crippen molar-refractivity contribution < 1.29 is 17.9 Å². The Morgan fingerprint density at radius 2 is 2.07 bits per heavy atom. The van der Waals surface area contributed by atoms with Crippen molar-refractivity contribution in [2.45, 2.75) is 12.8 Å². The zero-order valence-electron chi connectivity index (χ0n) is 7.64. The molecule has 0 aliphatic heterocycles. The molecule has 1 rings (SSSR count). The number of ether oxygens (including phenoxy) is 1. The predicted octanol–water partition coefficient (Wildman–Crippen LogP) is 3.97. The van der Waals surface area contributed by atoms with Crippen LogP contribution in [0.2, 0.25) is 5.02 Å². The number of hydrogen-bond donors (Lipinski definition) is 0. The summed E-state index contributed by atoms with van der Waals surface area (Å²) in [7, 11) is 0. The van der Waals surface area contributed by atoms with E-state index in [1.807, 2.05) is 0 Å². The van der Waals surface area contributed by atoms with E-state index in [4.69, 9.17) is 11.6 Å². The average Bonchev–Trinajstić information content (AvgIpc) is 2.09. The SMILES string of the molecule is C=CCc1ccc(Cl)c(OC(F)(F)F)c1. The normalized spacial score (nSPS) is 11.2. The van der Waals surface area contributed by atoms with Gasteiger partial charge >= 0.3 is 6.36 Å². The van der Waals surface area contributed by atoms with Gasteiger partial charge in [-0.2, -0.15) is 0 Å². The van der Waals surface area contributed by atoms with Crippen LogP contribution < -0.4 is 4.74 Å². The van der Waals surface area contributed by atoms with Crippen LogP contribution in [0.25, 0.3) is 0 Å². The first-order valence-electron chi connectivity index (χ1n) is 4.07. The first kappa shape index (κ1) is 11.9. The van der Waals surface area contributed by atoms with Crippen LogP contribution in [0.4, 0.5) is 13.2 Å². The average molecular weight is 237 g/mol. The van der Waals surface area contributed by atoms with Gasteiger partial charge in [0.2, 0.25) is 0 Å². The van der Waals surface area contributed by atoms with E-state index in [9.17, 15) is 13.2 Å². The van der Waals surface area contributed by atoms with Gasteiger partial charge in [-0.3, -0.25) is 0 Å². The summed E-state index contributed by atoms with van der Waals surface area (Å²) in [6.07, 6.45) is -2.68. The van der Waals surface area contributed by atoms with Crippen LogP contribution in [0.3, 0.4) is 0 Å². The van der Waals surface area contributed by atoms with Gasteiger partial charge in [0.05, 0.1) is 5.02 Å². The second-order valence-corrected chi connectivity index (χ2v) is 3.21. The molecule has 0 fully saturated rings. The molecule has 0 unspecified atom stereocenters. The van der Waals surface area contributed by atoms with Gasteiger partial charge in [-0.25, -0.2) is 0 Å². The lowest BCUT2D eigenvalue weighted by Crippen LogP contribution is -2.17. The summed E-state index contributed by atoms with van der Waals surface area (Å²) in [4.78, 5) is 0. The first-order chi connectivity index (χ1) is 6.92. The van der Waals surface area contributed by atoms with Gasteiger partial charge in [-0.1, -0.05) is 23.7 Å². The minimum Gasteiger partial charge on any atom is -0.404 e. The molecule has 0 bridgehead atoms. The van der Waals surface area contributed by atoms with Crippen LogP contribution in [0.1, 0.15) is 5.56 Å². The third-order valence-electron chi connectivity index (χ3n) is 1.60. The molecule has 0 N–H and O–H groups in total. The van der Waals surface area contributed by atoms with E-state index in [-0.39, 0.29) is 10.8 Å². The van der Waals surface area contributed by atoms with E-state index < -0.39 is 6.36 Å². The van der Waals surface area contributed by atoms with Crippen molar-refractivity contribution in [1.82, 2.24) is 0 Å². The molecule has 0 heterocycles. The zero-order chi connectivity index (χ0) is 11.5. The Morgan fingerprint density at radius 1 is 1.40 bits per heavy atom. The van der Waals surface area contributed by atoms with E-state index in [0.29, 0.717) is 12.0 Å². The highest BCUT2D eigenvalue weighted by Gasteiger charge is 2.32. The Hall–Kier alpha value is -1.16. The fraction of sp³-hybridized carbons (Fsp3) is 0.200. The number of benzene rings is 1. The Kier molecular flexibility index (Phi) is 3.63. The van der Waals surface area contributed by atoms with Crippen LogP contribution in [0, 0.1) is 0 Å². The molecule has 1 aromatic carbocycles. The zero-order valence-corrected chi connectivity index (χ0v) is 8.40. The molecule has 0 saturated carbocycles. The second kappa shape index (κ2) is 4.57. The molecule has 5 heteroatoms. The molecule has 0 radical (unpaired) electrons. The summed E-state index contributed by atoms with van der Waals surface area (Å²) in [6, 6.07) is 4.23. The molecule has 0 aliphatic rings.